The highest BCUT2D eigenvalue weighted by Gasteiger charge is 2.22. The number of rotatable bonds is 12. The second-order valence-electron chi connectivity index (χ2n) is 6.94. The largest absolute Gasteiger partial charge is 0.0996 e. The van der Waals surface area contributed by atoms with E-state index in [1.807, 2.05) is 0 Å². The SMILES string of the molecule is CCCCC(CCCC(C)C(C)CCCC)[C+](C)C. The van der Waals surface area contributed by atoms with Crippen LogP contribution in [0.25, 0.3) is 0 Å². The van der Waals surface area contributed by atoms with E-state index < -0.39 is 0 Å². The Kier molecular flexibility index (Phi) is 11.6. The van der Waals surface area contributed by atoms with Gasteiger partial charge < -0.3 is 0 Å². The zero-order valence-corrected chi connectivity index (χ0v) is 14.6. The van der Waals surface area contributed by atoms with Crippen molar-refractivity contribution in [2.24, 2.45) is 17.8 Å². The first-order valence-electron chi connectivity index (χ1n) is 8.82. The zero-order valence-electron chi connectivity index (χ0n) is 14.6. The summed E-state index contributed by atoms with van der Waals surface area (Å²) >= 11 is 0. The molecule has 0 heteroatoms. The van der Waals surface area contributed by atoms with Gasteiger partial charge in [0.15, 0.2) is 0 Å². The van der Waals surface area contributed by atoms with E-state index in [0.29, 0.717) is 0 Å². The van der Waals surface area contributed by atoms with Crippen molar-refractivity contribution < 1.29 is 0 Å². The average molecular weight is 268 g/mol. The van der Waals surface area contributed by atoms with Crippen LogP contribution in [0.4, 0.5) is 0 Å². The van der Waals surface area contributed by atoms with Crippen molar-refractivity contribution in [1.82, 2.24) is 0 Å². The molecule has 0 aliphatic carbocycles. The van der Waals surface area contributed by atoms with E-state index >= 15 is 0 Å². The molecule has 0 bridgehead atoms. The van der Waals surface area contributed by atoms with Crippen LogP contribution in [-0.4, -0.2) is 0 Å². The summed E-state index contributed by atoms with van der Waals surface area (Å²) in [4.78, 5) is 0. The Morgan fingerprint density at radius 1 is 0.684 bits per heavy atom. The van der Waals surface area contributed by atoms with Crippen LogP contribution in [0.2, 0.25) is 0 Å². The molecule has 0 aromatic rings. The van der Waals surface area contributed by atoms with Gasteiger partial charge in [0.2, 0.25) is 0 Å². The molecule has 0 aromatic heterocycles. The molecule has 0 spiro atoms. The van der Waals surface area contributed by atoms with Crippen molar-refractivity contribution in [3.63, 3.8) is 0 Å². The summed E-state index contributed by atoms with van der Waals surface area (Å²) in [5, 5.41) is 0. The monoisotopic (exact) mass is 267 g/mol. The molecule has 0 aliphatic heterocycles. The Balaban J connectivity index is 3.84. The van der Waals surface area contributed by atoms with E-state index in [9.17, 15) is 0 Å². The highest BCUT2D eigenvalue weighted by Crippen LogP contribution is 2.28. The maximum Gasteiger partial charge on any atom is 0.0996 e. The molecular weight excluding hydrogens is 228 g/mol. The minimum absolute atomic E-state index is 0.887. The molecule has 0 aliphatic rings. The van der Waals surface area contributed by atoms with Gasteiger partial charge in [-0.1, -0.05) is 59.8 Å². The van der Waals surface area contributed by atoms with Crippen LogP contribution in [0.15, 0.2) is 0 Å². The minimum atomic E-state index is 0.887. The van der Waals surface area contributed by atoms with Crippen LogP contribution in [0.1, 0.15) is 99.3 Å². The van der Waals surface area contributed by atoms with Crippen LogP contribution >= 0.6 is 0 Å². The normalized spacial score (nSPS) is 16.1. The molecule has 0 aromatic carbocycles. The van der Waals surface area contributed by atoms with Crippen LogP contribution in [0.3, 0.4) is 0 Å². The molecule has 0 rings (SSSR count). The van der Waals surface area contributed by atoms with Crippen molar-refractivity contribution in [3.05, 3.63) is 5.92 Å². The molecular formula is C19H39+. The van der Waals surface area contributed by atoms with E-state index in [1.54, 1.807) is 5.92 Å². The molecule has 19 heavy (non-hydrogen) atoms. The first-order valence-corrected chi connectivity index (χ1v) is 8.82. The quantitative estimate of drug-likeness (QED) is 0.333. The lowest BCUT2D eigenvalue weighted by atomic mass is 9.83. The van der Waals surface area contributed by atoms with Gasteiger partial charge in [0, 0.05) is 0 Å². The number of hydrogen-bond acceptors (Lipinski definition) is 0. The van der Waals surface area contributed by atoms with Gasteiger partial charge in [-0.25, -0.2) is 0 Å². The van der Waals surface area contributed by atoms with Gasteiger partial charge in [-0.3, -0.25) is 0 Å². The summed E-state index contributed by atoms with van der Waals surface area (Å²) in [5.41, 5.74) is 0. The summed E-state index contributed by atoms with van der Waals surface area (Å²) in [5.74, 6) is 4.37. The van der Waals surface area contributed by atoms with Gasteiger partial charge in [0.05, 0.1) is 25.7 Å². The summed E-state index contributed by atoms with van der Waals surface area (Å²) in [7, 11) is 0. The predicted octanol–water partition coefficient (Wildman–Crippen LogP) is 7.04. The van der Waals surface area contributed by atoms with Crippen LogP contribution < -0.4 is 0 Å². The molecule has 0 saturated heterocycles. The Morgan fingerprint density at radius 2 is 1.11 bits per heavy atom. The van der Waals surface area contributed by atoms with Gasteiger partial charge in [0.25, 0.3) is 0 Å². The highest BCUT2D eigenvalue weighted by atomic mass is 14.2. The van der Waals surface area contributed by atoms with Gasteiger partial charge in [-0.15, -0.1) is 0 Å². The Bertz CT molecular complexity index is 182. The standard InChI is InChI=1S/C19H39/c1-7-9-12-17(5)18(6)13-11-15-19(16(3)4)14-10-8-2/h17-19H,7-15H2,1-6H3/q+1. The third-order valence-corrected chi connectivity index (χ3v) is 4.92. The Hall–Kier alpha value is -0.130. The van der Waals surface area contributed by atoms with Gasteiger partial charge in [-0.05, 0) is 37.5 Å². The van der Waals surface area contributed by atoms with Crippen molar-refractivity contribution in [2.45, 2.75) is 99.3 Å². The Morgan fingerprint density at radius 3 is 1.58 bits per heavy atom. The lowest BCUT2D eigenvalue weighted by Gasteiger charge is -2.20. The van der Waals surface area contributed by atoms with Gasteiger partial charge >= 0.3 is 0 Å². The maximum absolute atomic E-state index is 2.46. The van der Waals surface area contributed by atoms with E-state index in [4.69, 9.17) is 0 Å². The van der Waals surface area contributed by atoms with E-state index in [2.05, 4.69) is 41.5 Å². The maximum atomic E-state index is 2.46. The third kappa shape index (κ3) is 9.41. The fourth-order valence-corrected chi connectivity index (χ4v) is 2.95. The fraction of sp³-hybridized carbons (Fsp3) is 0.947. The molecule has 0 fully saturated rings. The van der Waals surface area contributed by atoms with Crippen molar-refractivity contribution in [3.8, 4) is 0 Å². The molecule has 114 valence electrons. The third-order valence-electron chi connectivity index (χ3n) is 4.92. The second kappa shape index (κ2) is 11.7. The summed E-state index contributed by atoms with van der Waals surface area (Å²) in [6.07, 6.45) is 12.6. The van der Waals surface area contributed by atoms with Crippen LogP contribution in [0.5, 0.6) is 0 Å². The van der Waals surface area contributed by atoms with Crippen molar-refractivity contribution in [1.29, 1.82) is 0 Å². The number of unbranched alkanes of at least 4 members (excludes halogenated alkanes) is 2. The van der Waals surface area contributed by atoms with Crippen LogP contribution in [0, 0.1) is 23.7 Å². The van der Waals surface area contributed by atoms with Gasteiger partial charge in [0.1, 0.15) is 0 Å². The molecule has 0 radical (unpaired) electrons. The predicted molar refractivity (Wildman–Crippen MR) is 89.3 cm³/mol. The molecule has 0 nitrogen and oxygen atoms in total. The first-order chi connectivity index (χ1) is 9.02. The minimum Gasteiger partial charge on any atom is -0.0654 e. The fourth-order valence-electron chi connectivity index (χ4n) is 2.95. The summed E-state index contributed by atoms with van der Waals surface area (Å²) in [6, 6.07) is 0. The molecule has 0 saturated carbocycles. The Labute approximate surface area is 123 Å². The van der Waals surface area contributed by atoms with E-state index in [0.717, 1.165) is 17.8 Å². The summed E-state index contributed by atoms with van der Waals surface area (Å²) in [6.45, 7) is 14.2. The highest BCUT2D eigenvalue weighted by molar-refractivity contribution is 4.86. The average Bonchev–Trinajstić information content (AvgIpc) is 2.39. The van der Waals surface area contributed by atoms with E-state index in [1.165, 1.54) is 57.8 Å². The van der Waals surface area contributed by atoms with Crippen LogP contribution in [-0.2, 0) is 0 Å². The van der Waals surface area contributed by atoms with E-state index in [-0.39, 0.29) is 0 Å². The van der Waals surface area contributed by atoms with Gasteiger partial charge in [-0.2, -0.15) is 0 Å². The molecule has 0 amide bonds. The second-order valence-corrected chi connectivity index (χ2v) is 6.94. The smallest absolute Gasteiger partial charge is 0.0654 e. The molecule has 3 unspecified atom stereocenters. The van der Waals surface area contributed by atoms with Crippen molar-refractivity contribution in [2.75, 3.05) is 0 Å². The molecule has 0 N–H and O–H groups in total. The first kappa shape index (κ1) is 18.9. The summed E-state index contributed by atoms with van der Waals surface area (Å²) < 4.78 is 0. The molecule has 3 atom stereocenters. The number of hydrogen-bond donors (Lipinski definition) is 0. The van der Waals surface area contributed by atoms with Crippen molar-refractivity contribution >= 4 is 0 Å². The lowest BCUT2D eigenvalue weighted by Crippen LogP contribution is -2.11. The lowest BCUT2D eigenvalue weighted by molar-refractivity contribution is 0.313. The topological polar surface area (TPSA) is 0 Å². The zero-order chi connectivity index (χ0) is 14.7. The molecule has 0 heterocycles.